The number of pyridine rings is 1. The molecule has 0 bridgehead atoms. The van der Waals surface area contributed by atoms with E-state index in [1.54, 1.807) is 6.20 Å². The van der Waals surface area contributed by atoms with Crippen LogP contribution in [0.25, 0.3) is 0 Å². The van der Waals surface area contributed by atoms with Gasteiger partial charge in [-0.15, -0.1) is 0 Å². The third-order valence-electron chi connectivity index (χ3n) is 6.36. The van der Waals surface area contributed by atoms with Crippen LogP contribution in [0.5, 0.6) is 0 Å². The Kier molecular flexibility index (Phi) is 4.63. The van der Waals surface area contributed by atoms with E-state index in [1.807, 2.05) is 12.1 Å². The molecule has 0 aliphatic carbocycles. The lowest BCUT2D eigenvalue weighted by molar-refractivity contribution is -0.141. The average Bonchev–Trinajstić information content (AvgIpc) is 3.05. The van der Waals surface area contributed by atoms with Crippen LogP contribution >= 0.6 is 11.6 Å². The SMILES string of the molecule is CN1CC[C@H](N2CC3(CCC2=O)CCN(c2ccc(Cl)cn2)CC3)C1. The lowest BCUT2D eigenvalue weighted by Crippen LogP contribution is -2.55. The molecule has 1 spiro atoms. The molecule has 0 unspecified atom stereocenters. The van der Waals surface area contributed by atoms with Gasteiger partial charge in [0, 0.05) is 44.8 Å². The second-order valence-electron chi connectivity index (χ2n) is 8.05. The number of nitrogens with zero attached hydrogens (tertiary/aromatic N) is 4. The molecule has 25 heavy (non-hydrogen) atoms. The van der Waals surface area contributed by atoms with Gasteiger partial charge in [-0.05, 0) is 56.8 Å². The summed E-state index contributed by atoms with van der Waals surface area (Å²) in [7, 11) is 2.15. The average molecular weight is 363 g/mol. The summed E-state index contributed by atoms with van der Waals surface area (Å²) < 4.78 is 0. The van der Waals surface area contributed by atoms with Gasteiger partial charge in [-0.3, -0.25) is 4.79 Å². The van der Waals surface area contributed by atoms with E-state index in [2.05, 4.69) is 26.7 Å². The Balaban J connectivity index is 1.41. The van der Waals surface area contributed by atoms with E-state index >= 15 is 0 Å². The quantitative estimate of drug-likeness (QED) is 0.810. The molecule has 5 nitrogen and oxygen atoms in total. The number of piperidine rings is 2. The summed E-state index contributed by atoms with van der Waals surface area (Å²) in [4.78, 5) is 23.9. The van der Waals surface area contributed by atoms with Gasteiger partial charge in [-0.1, -0.05) is 11.6 Å². The van der Waals surface area contributed by atoms with Crippen LogP contribution in [-0.2, 0) is 4.79 Å². The van der Waals surface area contributed by atoms with E-state index in [1.165, 1.54) is 0 Å². The minimum Gasteiger partial charge on any atom is -0.357 e. The normalized spacial score (nSPS) is 27.3. The van der Waals surface area contributed by atoms with E-state index in [4.69, 9.17) is 11.6 Å². The molecule has 3 fully saturated rings. The van der Waals surface area contributed by atoms with Gasteiger partial charge in [0.1, 0.15) is 5.82 Å². The van der Waals surface area contributed by atoms with Crippen molar-refractivity contribution >= 4 is 23.3 Å². The first-order chi connectivity index (χ1) is 12.0. The lowest BCUT2D eigenvalue weighted by Gasteiger charge is -2.49. The summed E-state index contributed by atoms with van der Waals surface area (Å²) in [6.45, 7) is 5.12. The Hall–Kier alpha value is -1.33. The van der Waals surface area contributed by atoms with E-state index < -0.39 is 0 Å². The molecule has 1 atom stereocenters. The Morgan fingerprint density at radius 1 is 1.20 bits per heavy atom. The van der Waals surface area contributed by atoms with Gasteiger partial charge in [-0.25, -0.2) is 4.98 Å². The summed E-state index contributed by atoms with van der Waals surface area (Å²) in [5.74, 6) is 1.38. The Bertz CT molecular complexity index is 627. The van der Waals surface area contributed by atoms with Gasteiger partial charge in [0.15, 0.2) is 0 Å². The molecule has 6 heteroatoms. The van der Waals surface area contributed by atoms with Crippen molar-refractivity contribution in [3.05, 3.63) is 23.4 Å². The number of hydrogen-bond acceptors (Lipinski definition) is 4. The molecule has 3 aliphatic rings. The molecular weight excluding hydrogens is 336 g/mol. The van der Waals surface area contributed by atoms with Crippen molar-refractivity contribution in [3.63, 3.8) is 0 Å². The van der Waals surface area contributed by atoms with Crippen LogP contribution in [0.2, 0.25) is 5.02 Å². The van der Waals surface area contributed by atoms with Crippen LogP contribution in [-0.4, -0.2) is 66.5 Å². The molecule has 1 amide bonds. The molecule has 3 aliphatic heterocycles. The minimum absolute atomic E-state index is 0.304. The molecule has 4 rings (SSSR count). The highest BCUT2D eigenvalue weighted by Gasteiger charge is 2.43. The zero-order valence-corrected chi connectivity index (χ0v) is 15.7. The van der Waals surface area contributed by atoms with Crippen molar-refractivity contribution in [2.24, 2.45) is 5.41 Å². The Morgan fingerprint density at radius 3 is 2.64 bits per heavy atom. The predicted octanol–water partition coefficient (Wildman–Crippen LogP) is 2.65. The smallest absolute Gasteiger partial charge is 0.222 e. The standard InChI is InChI=1S/C19H27ClN4O/c1-22-9-5-16(13-22)24-14-19(6-4-18(24)25)7-10-23(11-8-19)17-3-2-15(20)12-21-17/h2-3,12,16H,4-11,13-14H2,1H3/t16-/m0/s1. The second-order valence-corrected chi connectivity index (χ2v) is 8.48. The minimum atomic E-state index is 0.304. The Morgan fingerprint density at radius 2 is 2.00 bits per heavy atom. The van der Waals surface area contributed by atoms with Crippen molar-refractivity contribution in [2.45, 2.75) is 38.1 Å². The van der Waals surface area contributed by atoms with Crippen molar-refractivity contribution in [1.82, 2.24) is 14.8 Å². The Labute approximate surface area is 154 Å². The van der Waals surface area contributed by atoms with Gasteiger partial charge in [0.2, 0.25) is 5.91 Å². The van der Waals surface area contributed by atoms with Gasteiger partial charge in [0.25, 0.3) is 0 Å². The topological polar surface area (TPSA) is 39.7 Å². The van der Waals surface area contributed by atoms with Crippen LogP contribution in [0.15, 0.2) is 18.3 Å². The number of anilines is 1. The molecule has 1 aromatic heterocycles. The summed E-state index contributed by atoms with van der Waals surface area (Å²) >= 11 is 5.95. The highest BCUT2D eigenvalue weighted by Crippen LogP contribution is 2.42. The monoisotopic (exact) mass is 362 g/mol. The summed E-state index contributed by atoms with van der Waals surface area (Å²) in [6, 6.07) is 4.34. The molecule has 0 saturated carbocycles. The number of aromatic nitrogens is 1. The molecule has 136 valence electrons. The number of carbonyl (C=O) groups is 1. The molecule has 0 N–H and O–H groups in total. The summed E-state index contributed by atoms with van der Waals surface area (Å²) in [6.07, 6.45) is 6.90. The van der Waals surface area contributed by atoms with Crippen molar-refractivity contribution in [3.8, 4) is 0 Å². The van der Waals surface area contributed by atoms with E-state index in [0.29, 0.717) is 22.4 Å². The van der Waals surface area contributed by atoms with Gasteiger partial charge in [0.05, 0.1) is 5.02 Å². The zero-order valence-electron chi connectivity index (χ0n) is 15.0. The molecule has 4 heterocycles. The first kappa shape index (κ1) is 17.1. The van der Waals surface area contributed by atoms with Gasteiger partial charge < -0.3 is 14.7 Å². The molecule has 1 aromatic rings. The zero-order chi connectivity index (χ0) is 17.4. The van der Waals surface area contributed by atoms with E-state index in [9.17, 15) is 4.79 Å². The third kappa shape index (κ3) is 3.49. The highest BCUT2D eigenvalue weighted by atomic mass is 35.5. The number of likely N-dealkylation sites (tertiary alicyclic amines) is 2. The van der Waals surface area contributed by atoms with Gasteiger partial charge in [-0.2, -0.15) is 0 Å². The number of rotatable bonds is 2. The van der Waals surface area contributed by atoms with Crippen molar-refractivity contribution in [1.29, 1.82) is 0 Å². The van der Waals surface area contributed by atoms with Crippen LogP contribution in [0.4, 0.5) is 5.82 Å². The summed E-state index contributed by atoms with van der Waals surface area (Å²) in [5.41, 5.74) is 0.304. The van der Waals surface area contributed by atoms with Crippen LogP contribution in [0.3, 0.4) is 0 Å². The molecular formula is C19H27ClN4O. The number of amides is 1. The molecule has 0 radical (unpaired) electrons. The van der Waals surface area contributed by atoms with Crippen LogP contribution in [0, 0.1) is 5.41 Å². The maximum Gasteiger partial charge on any atom is 0.222 e. The fourth-order valence-corrected chi connectivity index (χ4v) is 4.83. The summed E-state index contributed by atoms with van der Waals surface area (Å²) in [5, 5.41) is 0.681. The maximum atomic E-state index is 12.5. The fourth-order valence-electron chi connectivity index (χ4n) is 4.72. The van der Waals surface area contributed by atoms with Gasteiger partial charge >= 0.3 is 0 Å². The number of halogens is 1. The second kappa shape index (κ2) is 6.76. The largest absolute Gasteiger partial charge is 0.357 e. The maximum absolute atomic E-state index is 12.5. The number of hydrogen-bond donors (Lipinski definition) is 0. The predicted molar refractivity (Wildman–Crippen MR) is 100.0 cm³/mol. The number of carbonyl (C=O) groups excluding carboxylic acids is 1. The van der Waals surface area contributed by atoms with Crippen LogP contribution in [0.1, 0.15) is 32.1 Å². The highest BCUT2D eigenvalue weighted by molar-refractivity contribution is 6.30. The molecule has 0 aromatic carbocycles. The van der Waals surface area contributed by atoms with Crippen molar-refractivity contribution in [2.75, 3.05) is 44.7 Å². The first-order valence-corrected chi connectivity index (χ1v) is 9.77. The first-order valence-electron chi connectivity index (χ1n) is 9.39. The fraction of sp³-hybridized carbons (Fsp3) is 0.684. The third-order valence-corrected chi connectivity index (χ3v) is 6.59. The number of likely N-dealkylation sites (N-methyl/N-ethyl adjacent to an activating group) is 1. The van der Waals surface area contributed by atoms with Crippen molar-refractivity contribution < 1.29 is 4.79 Å². The lowest BCUT2D eigenvalue weighted by atomic mass is 9.72. The molecule has 3 saturated heterocycles. The van der Waals surface area contributed by atoms with E-state index in [-0.39, 0.29) is 0 Å². The van der Waals surface area contributed by atoms with E-state index in [0.717, 1.165) is 70.6 Å². The van der Waals surface area contributed by atoms with Crippen LogP contribution < -0.4 is 4.90 Å².